The number of nitrogens with one attached hydrogen (secondary N) is 2. The van der Waals surface area contributed by atoms with Crippen LogP contribution in [0.4, 0.5) is 0 Å². The highest BCUT2D eigenvalue weighted by Gasteiger charge is 2.62. The standard InChI is InChI=1S/C13H25N3O3.ClH/c1-5-15-10(17)8-16-11(18)13(14)7-9(19-6-2)12(13,3)4;/h9H,5-8,14H2,1-4H3,(H,15,17)(H,16,18);1H. The van der Waals surface area contributed by atoms with Crippen molar-refractivity contribution >= 4 is 24.2 Å². The molecule has 4 N–H and O–H groups in total. The minimum Gasteiger partial charge on any atom is -0.378 e. The molecular formula is C13H26ClN3O3. The van der Waals surface area contributed by atoms with Crippen molar-refractivity contribution in [2.75, 3.05) is 19.7 Å². The predicted molar refractivity (Wildman–Crippen MR) is 79.7 cm³/mol. The average molecular weight is 308 g/mol. The van der Waals surface area contributed by atoms with E-state index in [0.717, 1.165) is 0 Å². The molecule has 1 fully saturated rings. The van der Waals surface area contributed by atoms with Gasteiger partial charge in [0.05, 0.1) is 12.6 Å². The average Bonchev–Trinajstić information content (AvgIpc) is 2.35. The predicted octanol–water partition coefficient (Wildman–Crippen LogP) is 0.193. The molecule has 1 aliphatic carbocycles. The van der Waals surface area contributed by atoms with Gasteiger partial charge in [-0.05, 0) is 13.8 Å². The van der Waals surface area contributed by atoms with Gasteiger partial charge in [0.2, 0.25) is 11.8 Å². The van der Waals surface area contributed by atoms with E-state index in [0.29, 0.717) is 19.6 Å². The van der Waals surface area contributed by atoms with E-state index in [9.17, 15) is 9.59 Å². The van der Waals surface area contributed by atoms with Gasteiger partial charge in [0, 0.05) is 25.0 Å². The molecule has 7 heteroatoms. The third-order valence-corrected chi connectivity index (χ3v) is 4.02. The lowest BCUT2D eigenvalue weighted by molar-refractivity contribution is -0.170. The van der Waals surface area contributed by atoms with Crippen LogP contribution >= 0.6 is 12.4 Å². The van der Waals surface area contributed by atoms with Crippen molar-refractivity contribution < 1.29 is 14.3 Å². The fourth-order valence-corrected chi connectivity index (χ4v) is 2.40. The van der Waals surface area contributed by atoms with Crippen LogP contribution in [-0.2, 0) is 14.3 Å². The maximum Gasteiger partial charge on any atom is 0.241 e. The van der Waals surface area contributed by atoms with Crippen molar-refractivity contribution in [3.8, 4) is 0 Å². The van der Waals surface area contributed by atoms with Crippen molar-refractivity contribution in [2.45, 2.75) is 45.8 Å². The third kappa shape index (κ3) is 3.42. The van der Waals surface area contributed by atoms with Gasteiger partial charge in [-0.2, -0.15) is 0 Å². The summed E-state index contributed by atoms with van der Waals surface area (Å²) in [5.41, 5.74) is 4.77. The summed E-state index contributed by atoms with van der Waals surface area (Å²) >= 11 is 0. The largest absolute Gasteiger partial charge is 0.378 e. The summed E-state index contributed by atoms with van der Waals surface area (Å²) in [5.74, 6) is -0.502. The Morgan fingerprint density at radius 1 is 1.30 bits per heavy atom. The molecule has 2 atom stereocenters. The Labute approximate surface area is 126 Å². The monoisotopic (exact) mass is 307 g/mol. The Kier molecular flexibility index (Phi) is 6.93. The molecule has 2 unspecified atom stereocenters. The fraction of sp³-hybridized carbons (Fsp3) is 0.846. The van der Waals surface area contributed by atoms with E-state index in [1.165, 1.54) is 0 Å². The zero-order valence-corrected chi connectivity index (χ0v) is 13.4. The molecule has 1 saturated carbocycles. The van der Waals surface area contributed by atoms with Gasteiger partial charge in [-0.1, -0.05) is 13.8 Å². The number of nitrogens with two attached hydrogens (primary N) is 1. The number of carbonyl (C=O) groups excluding carboxylic acids is 2. The van der Waals surface area contributed by atoms with Gasteiger partial charge in [0.25, 0.3) is 0 Å². The Bertz CT molecular complexity index is 363. The normalized spacial score (nSPS) is 26.9. The summed E-state index contributed by atoms with van der Waals surface area (Å²) in [7, 11) is 0. The first-order valence-electron chi connectivity index (χ1n) is 6.75. The second-order valence-corrected chi connectivity index (χ2v) is 5.48. The van der Waals surface area contributed by atoms with Crippen LogP contribution in [-0.4, -0.2) is 43.2 Å². The molecule has 0 saturated heterocycles. The van der Waals surface area contributed by atoms with E-state index in [-0.39, 0.29) is 36.9 Å². The number of hydrogen-bond acceptors (Lipinski definition) is 4. The first-order valence-corrected chi connectivity index (χ1v) is 6.75. The second-order valence-electron chi connectivity index (χ2n) is 5.48. The van der Waals surface area contributed by atoms with Crippen LogP contribution in [0.3, 0.4) is 0 Å². The zero-order chi connectivity index (χ0) is 14.7. The molecule has 1 aliphatic rings. The Morgan fingerprint density at radius 3 is 2.35 bits per heavy atom. The summed E-state index contributed by atoms with van der Waals surface area (Å²) in [4.78, 5) is 23.5. The van der Waals surface area contributed by atoms with Gasteiger partial charge in [-0.25, -0.2) is 0 Å². The lowest BCUT2D eigenvalue weighted by atomic mass is 9.54. The quantitative estimate of drug-likeness (QED) is 0.653. The fourth-order valence-electron chi connectivity index (χ4n) is 2.40. The molecule has 0 aromatic carbocycles. The third-order valence-electron chi connectivity index (χ3n) is 4.02. The number of halogens is 1. The molecule has 0 aromatic heterocycles. The van der Waals surface area contributed by atoms with Crippen molar-refractivity contribution in [3.63, 3.8) is 0 Å². The van der Waals surface area contributed by atoms with Crippen LogP contribution in [0.1, 0.15) is 34.1 Å². The SMILES string of the molecule is CCNC(=O)CNC(=O)C1(N)CC(OCC)C1(C)C.Cl. The summed E-state index contributed by atoms with van der Waals surface area (Å²) in [6.45, 7) is 8.69. The molecular weight excluding hydrogens is 282 g/mol. The molecule has 0 radical (unpaired) electrons. The van der Waals surface area contributed by atoms with Gasteiger partial charge < -0.3 is 21.1 Å². The van der Waals surface area contributed by atoms with E-state index >= 15 is 0 Å². The second kappa shape index (κ2) is 7.24. The van der Waals surface area contributed by atoms with E-state index < -0.39 is 11.0 Å². The molecule has 0 bridgehead atoms. The van der Waals surface area contributed by atoms with E-state index in [2.05, 4.69) is 10.6 Å². The minimum atomic E-state index is -0.973. The molecule has 1 rings (SSSR count). The number of hydrogen-bond donors (Lipinski definition) is 3. The molecule has 2 amide bonds. The number of rotatable bonds is 6. The highest BCUT2D eigenvalue weighted by atomic mass is 35.5. The molecule has 20 heavy (non-hydrogen) atoms. The lowest BCUT2D eigenvalue weighted by Gasteiger charge is -2.57. The minimum absolute atomic E-state index is 0. The van der Waals surface area contributed by atoms with Crippen LogP contribution in [0, 0.1) is 5.41 Å². The molecule has 0 spiro atoms. The maximum absolute atomic E-state index is 12.1. The van der Waals surface area contributed by atoms with Crippen LogP contribution < -0.4 is 16.4 Å². The molecule has 0 aliphatic heterocycles. The van der Waals surface area contributed by atoms with Crippen molar-refractivity contribution in [1.29, 1.82) is 0 Å². The van der Waals surface area contributed by atoms with E-state index in [1.807, 2.05) is 27.7 Å². The van der Waals surface area contributed by atoms with Crippen LogP contribution in [0.15, 0.2) is 0 Å². The van der Waals surface area contributed by atoms with Crippen molar-refractivity contribution in [2.24, 2.45) is 11.1 Å². The van der Waals surface area contributed by atoms with Gasteiger partial charge in [-0.15, -0.1) is 12.4 Å². The highest BCUT2D eigenvalue weighted by Crippen LogP contribution is 2.49. The number of likely N-dealkylation sites (N-methyl/N-ethyl adjacent to an activating group) is 1. The van der Waals surface area contributed by atoms with Crippen LogP contribution in [0.5, 0.6) is 0 Å². The summed E-state index contributed by atoms with van der Waals surface area (Å²) in [6, 6.07) is 0. The van der Waals surface area contributed by atoms with Gasteiger partial charge in [-0.3, -0.25) is 9.59 Å². The van der Waals surface area contributed by atoms with E-state index in [1.54, 1.807) is 0 Å². The van der Waals surface area contributed by atoms with Crippen molar-refractivity contribution in [1.82, 2.24) is 10.6 Å². The number of amides is 2. The summed E-state index contributed by atoms with van der Waals surface area (Å²) in [5, 5.41) is 5.22. The molecule has 6 nitrogen and oxygen atoms in total. The van der Waals surface area contributed by atoms with Crippen LogP contribution in [0.25, 0.3) is 0 Å². The Balaban J connectivity index is 0.00000361. The molecule has 0 aromatic rings. The Morgan fingerprint density at radius 2 is 1.90 bits per heavy atom. The highest BCUT2D eigenvalue weighted by molar-refractivity contribution is 5.92. The zero-order valence-electron chi connectivity index (χ0n) is 12.6. The topological polar surface area (TPSA) is 93.5 Å². The smallest absolute Gasteiger partial charge is 0.241 e. The van der Waals surface area contributed by atoms with E-state index in [4.69, 9.17) is 10.5 Å². The summed E-state index contributed by atoms with van der Waals surface area (Å²) < 4.78 is 5.56. The molecule has 0 heterocycles. The maximum atomic E-state index is 12.1. The first kappa shape index (κ1) is 19.1. The summed E-state index contributed by atoms with van der Waals surface area (Å²) in [6.07, 6.45) is 0.465. The Hall–Kier alpha value is -0.850. The van der Waals surface area contributed by atoms with Crippen LogP contribution in [0.2, 0.25) is 0 Å². The van der Waals surface area contributed by atoms with Gasteiger partial charge >= 0.3 is 0 Å². The first-order chi connectivity index (χ1) is 8.79. The van der Waals surface area contributed by atoms with Gasteiger partial charge in [0.1, 0.15) is 5.54 Å². The number of carbonyl (C=O) groups is 2. The van der Waals surface area contributed by atoms with Gasteiger partial charge in [0.15, 0.2) is 0 Å². The lowest BCUT2D eigenvalue weighted by Crippen LogP contribution is -2.76. The molecule has 118 valence electrons. The van der Waals surface area contributed by atoms with Crippen molar-refractivity contribution in [3.05, 3.63) is 0 Å². The number of ether oxygens (including phenoxy) is 1.